The number of aromatic nitrogens is 2. The largest absolute Gasteiger partial charge is 0.471 e. The molecule has 1 fully saturated rings. The Balaban J connectivity index is 1.62. The number of rotatable bonds is 8. The molecule has 1 saturated carbocycles. The molecule has 29 heavy (non-hydrogen) atoms. The third-order valence-electron chi connectivity index (χ3n) is 4.24. The van der Waals surface area contributed by atoms with E-state index in [9.17, 15) is 18.4 Å². The number of anilines is 1. The van der Waals surface area contributed by atoms with Gasteiger partial charge in [0.05, 0.1) is 6.04 Å². The number of halogens is 3. The van der Waals surface area contributed by atoms with Crippen LogP contribution in [-0.2, 0) is 4.79 Å². The normalized spacial score (nSPS) is 14.4. The van der Waals surface area contributed by atoms with Crippen LogP contribution in [-0.4, -0.2) is 34.8 Å². The van der Waals surface area contributed by atoms with E-state index in [1.807, 2.05) is 0 Å². The molecule has 1 aliphatic rings. The lowest BCUT2D eigenvalue weighted by Crippen LogP contribution is -2.27. The molecule has 154 valence electrons. The Hall–Kier alpha value is -2.81. The Morgan fingerprint density at radius 2 is 2.07 bits per heavy atom. The second kappa shape index (κ2) is 9.13. The molecule has 3 rings (SSSR count). The van der Waals surface area contributed by atoms with Crippen molar-refractivity contribution in [2.45, 2.75) is 32.2 Å². The van der Waals surface area contributed by atoms with Crippen molar-refractivity contribution in [3.8, 4) is 5.88 Å². The zero-order valence-electron chi connectivity index (χ0n) is 15.5. The Kier molecular flexibility index (Phi) is 6.58. The van der Waals surface area contributed by atoms with E-state index in [0.29, 0.717) is 16.9 Å². The summed E-state index contributed by atoms with van der Waals surface area (Å²) in [5.74, 6) is -0.236. The van der Waals surface area contributed by atoms with E-state index < -0.39 is 19.1 Å². The number of hydrogen-bond acceptors (Lipinski definition) is 5. The summed E-state index contributed by atoms with van der Waals surface area (Å²) in [5, 5.41) is 5.55. The van der Waals surface area contributed by atoms with Crippen LogP contribution in [0.25, 0.3) is 0 Å². The molecule has 7 nitrogen and oxygen atoms in total. The van der Waals surface area contributed by atoms with Gasteiger partial charge in [0.2, 0.25) is 11.8 Å². The average Bonchev–Trinajstić information content (AvgIpc) is 3.52. The van der Waals surface area contributed by atoms with Gasteiger partial charge in [-0.3, -0.25) is 9.59 Å². The number of nitrogens with one attached hydrogen (secondary N) is 2. The van der Waals surface area contributed by atoms with Gasteiger partial charge < -0.3 is 15.4 Å². The third-order valence-corrected chi connectivity index (χ3v) is 4.51. The molecule has 2 amide bonds. The fourth-order valence-corrected chi connectivity index (χ4v) is 2.73. The van der Waals surface area contributed by atoms with Crippen LogP contribution in [0.15, 0.2) is 30.6 Å². The first-order chi connectivity index (χ1) is 13.8. The summed E-state index contributed by atoms with van der Waals surface area (Å²) in [5.41, 5.74) is 0.901. The maximum Gasteiger partial charge on any atom is 0.272 e. The van der Waals surface area contributed by atoms with Crippen LogP contribution in [0.1, 0.15) is 41.7 Å². The van der Waals surface area contributed by atoms with Crippen LogP contribution in [0.2, 0.25) is 5.02 Å². The number of carbonyl (C=O) groups is 2. The van der Waals surface area contributed by atoms with Crippen molar-refractivity contribution in [3.63, 3.8) is 0 Å². The van der Waals surface area contributed by atoms with E-state index in [1.165, 1.54) is 30.6 Å². The summed E-state index contributed by atoms with van der Waals surface area (Å²) < 4.78 is 29.3. The molecule has 2 aromatic heterocycles. The number of pyridine rings is 2. The minimum Gasteiger partial charge on any atom is -0.471 e. The maximum atomic E-state index is 12.5. The minimum atomic E-state index is -2.63. The van der Waals surface area contributed by atoms with E-state index in [1.54, 1.807) is 6.92 Å². The molecule has 1 aliphatic carbocycles. The van der Waals surface area contributed by atoms with Crippen LogP contribution in [0.4, 0.5) is 14.6 Å². The SMILES string of the molecule is CC(NC(=O)c1ccnc(NC(=O)C2CC2)c1)c1cnc(OCC(F)F)c(Cl)c1. The molecule has 0 spiro atoms. The Bertz CT molecular complexity index is 909. The molecule has 0 aliphatic heterocycles. The highest BCUT2D eigenvalue weighted by Gasteiger charge is 2.29. The van der Waals surface area contributed by atoms with Gasteiger partial charge in [-0.1, -0.05) is 11.6 Å². The van der Waals surface area contributed by atoms with Gasteiger partial charge in [-0.25, -0.2) is 18.7 Å². The molecule has 1 atom stereocenters. The average molecular weight is 425 g/mol. The maximum absolute atomic E-state index is 12.5. The molecule has 2 heterocycles. The highest BCUT2D eigenvalue weighted by atomic mass is 35.5. The highest BCUT2D eigenvalue weighted by molar-refractivity contribution is 6.31. The zero-order chi connectivity index (χ0) is 21.0. The summed E-state index contributed by atoms with van der Waals surface area (Å²) in [7, 11) is 0. The Morgan fingerprint density at radius 3 is 2.72 bits per heavy atom. The van der Waals surface area contributed by atoms with Gasteiger partial charge in [0.25, 0.3) is 12.3 Å². The predicted octanol–water partition coefficient (Wildman–Crippen LogP) is 3.61. The predicted molar refractivity (Wildman–Crippen MR) is 102 cm³/mol. The van der Waals surface area contributed by atoms with Crippen LogP contribution < -0.4 is 15.4 Å². The number of ether oxygens (including phenoxy) is 1. The standard InChI is InChI=1S/C19H19ClF2N4O3/c1-10(13-6-14(20)19(24-8-13)29-9-15(21)22)25-18(28)12-4-5-23-16(7-12)26-17(27)11-2-3-11/h4-8,10-11,15H,2-3,9H2,1H3,(H,25,28)(H,23,26,27). The lowest BCUT2D eigenvalue weighted by molar-refractivity contribution is -0.117. The molecular formula is C19H19ClF2N4O3. The van der Waals surface area contributed by atoms with Crippen molar-refractivity contribution in [2.75, 3.05) is 11.9 Å². The van der Waals surface area contributed by atoms with Crippen molar-refractivity contribution in [1.82, 2.24) is 15.3 Å². The number of hydrogen-bond donors (Lipinski definition) is 2. The monoisotopic (exact) mass is 424 g/mol. The van der Waals surface area contributed by atoms with Gasteiger partial charge in [0.15, 0.2) is 6.61 Å². The molecule has 2 N–H and O–H groups in total. The molecule has 10 heteroatoms. The fourth-order valence-electron chi connectivity index (χ4n) is 2.50. The number of carbonyl (C=O) groups excluding carboxylic acids is 2. The Morgan fingerprint density at radius 1 is 1.31 bits per heavy atom. The van der Waals surface area contributed by atoms with E-state index >= 15 is 0 Å². The zero-order valence-corrected chi connectivity index (χ0v) is 16.2. The van der Waals surface area contributed by atoms with Crippen LogP contribution in [0, 0.1) is 5.92 Å². The molecule has 0 aromatic carbocycles. The second-order valence-electron chi connectivity index (χ2n) is 6.65. The molecule has 1 unspecified atom stereocenters. The fraction of sp³-hybridized carbons (Fsp3) is 0.368. The van der Waals surface area contributed by atoms with Gasteiger partial charge in [-0.2, -0.15) is 0 Å². The van der Waals surface area contributed by atoms with Crippen molar-refractivity contribution in [2.24, 2.45) is 5.92 Å². The third kappa shape index (κ3) is 5.83. The van der Waals surface area contributed by atoms with Crippen molar-refractivity contribution >= 4 is 29.2 Å². The molecule has 2 aromatic rings. The lowest BCUT2D eigenvalue weighted by Gasteiger charge is -2.16. The Labute approximate surface area is 170 Å². The van der Waals surface area contributed by atoms with Gasteiger partial charge in [-0.05, 0) is 43.5 Å². The van der Waals surface area contributed by atoms with Gasteiger partial charge >= 0.3 is 0 Å². The summed E-state index contributed by atoms with van der Waals surface area (Å²) in [6, 6.07) is 4.05. The summed E-state index contributed by atoms with van der Waals surface area (Å²) in [4.78, 5) is 32.3. The highest BCUT2D eigenvalue weighted by Crippen LogP contribution is 2.30. The summed E-state index contributed by atoms with van der Waals surface area (Å²) in [6.45, 7) is 0.919. The second-order valence-corrected chi connectivity index (χ2v) is 7.05. The van der Waals surface area contributed by atoms with E-state index in [0.717, 1.165) is 12.8 Å². The number of alkyl halides is 2. The van der Waals surface area contributed by atoms with Crippen molar-refractivity contribution in [3.05, 3.63) is 46.7 Å². The first-order valence-corrected chi connectivity index (χ1v) is 9.35. The van der Waals surface area contributed by atoms with Gasteiger partial charge in [0, 0.05) is 23.9 Å². The van der Waals surface area contributed by atoms with E-state index in [-0.39, 0.29) is 28.6 Å². The van der Waals surface area contributed by atoms with Gasteiger partial charge in [-0.15, -0.1) is 0 Å². The lowest BCUT2D eigenvalue weighted by atomic mass is 10.1. The van der Waals surface area contributed by atoms with E-state index in [2.05, 4.69) is 20.6 Å². The molecule has 0 radical (unpaired) electrons. The number of amides is 2. The van der Waals surface area contributed by atoms with Crippen molar-refractivity contribution in [1.29, 1.82) is 0 Å². The van der Waals surface area contributed by atoms with Crippen LogP contribution in [0.5, 0.6) is 5.88 Å². The first kappa shape index (κ1) is 20.9. The minimum absolute atomic E-state index is 0.0270. The number of nitrogens with zero attached hydrogens (tertiary/aromatic N) is 2. The molecular weight excluding hydrogens is 406 g/mol. The summed E-state index contributed by atoms with van der Waals surface area (Å²) in [6.07, 6.45) is 1.93. The van der Waals surface area contributed by atoms with Crippen LogP contribution in [0.3, 0.4) is 0 Å². The van der Waals surface area contributed by atoms with Crippen LogP contribution >= 0.6 is 11.6 Å². The first-order valence-electron chi connectivity index (χ1n) is 8.97. The van der Waals surface area contributed by atoms with Crippen molar-refractivity contribution < 1.29 is 23.1 Å². The van der Waals surface area contributed by atoms with Gasteiger partial charge in [0.1, 0.15) is 10.8 Å². The summed E-state index contributed by atoms with van der Waals surface area (Å²) >= 11 is 6.02. The quantitative estimate of drug-likeness (QED) is 0.675. The molecule has 0 bridgehead atoms. The van der Waals surface area contributed by atoms with E-state index in [4.69, 9.17) is 16.3 Å². The smallest absolute Gasteiger partial charge is 0.272 e. The molecule has 0 saturated heterocycles. The topological polar surface area (TPSA) is 93.2 Å².